The number of ketones is 1. The number of benzene rings is 1. The molecule has 0 N–H and O–H groups in total. The lowest BCUT2D eigenvalue weighted by Crippen LogP contribution is -2.33. The lowest BCUT2D eigenvalue weighted by Gasteiger charge is -2.21. The SMILES string of the molecule is COC(C)(C)C(=O)c1cccc(OC(F)(F)F)c1. The Balaban J connectivity index is 2.99. The van der Waals surface area contributed by atoms with Gasteiger partial charge in [0.15, 0.2) is 5.78 Å². The van der Waals surface area contributed by atoms with Gasteiger partial charge in [-0.25, -0.2) is 0 Å². The van der Waals surface area contributed by atoms with Crippen molar-refractivity contribution in [2.75, 3.05) is 7.11 Å². The lowest BCUT2D eigenvalue weighted by molar-refractivity contribution is -0.274. The molecule has 1 aromatic carbocycles. The molecule has 0 aliphatic heterocycles. The van der Waals surface area contributed by atoms with Crippen LogP contribution in [-0.2, 0) is 4.74 Å². The molecule has 0 saturated carbocycles. The van der Waals surface area contributed by atoms with Crippen LogP contribution >= 0.6 is 0 Å². The number of halogens is 3. The summed E-state index contributed by atoms with van der Waals surface area (Å²) in [6, 6.07) is 4.90. The molecule has 0 aliphatic carbocycles. The number of rotatable bonds is 4. The van der Waals surface area contributed by atoms with Crippen molar-refractivity contribution < 1.29 is 27.4 Å². The molecule has 0 heterocycles. The monoisotopic (exact) mass is 262 g/mol. The van der Waals surface area contributed by atoms with E-state index in [1.165, 1.54) is 33.1 Å². The number of hydrogen-bond acceptors (Lipinski definition) is 3. The van der Waals surface area contributed by atoms with Gasteiger partial charge in [-0.1, -0.05) is 12.1 Å². The van der Waals surface area contributed by atoms with Crippen molar-refractivity contribution in [1.82, 2.24) is 0 Å². The van der Waals surface area contributed by atoms with Crippen LogP contribution in [-0.4, -0.2) is 24.9 Å². The minimum Gasteiger partial charge on any atom is -0.406 e. The predicted octanol–water partition coefficient (Wildman–Crippen LogP) is 3.19. The number of Topliss-reactive ketones (excluding diaryl/α,β-unsaturated/α-hetero) is 1. The molecule has 0 saturated heterocycles. The van der Waals surface area contributed by atoms with Gasteiger partial charge in [-0.3, -0.25) is 4.79 Å². The van der Waals surface area contributed by atoms with Gasteiger partial charge in [0.1, 0.15) is 11.4 Å². The highest BCUT2D eigenvalue weighted by molar-refractivity contribution is 6.02. The molecule has 6 heteroatoms. The second kappa shape index (κ2) is 4.97. The van der Waals surface area contributed by atoms with Crippen molar-refractivity contribution in [3.05, 3.63) is 29.8 Å². The van der Waals surface area contributed by atoms with Gasteiger partial charge in [0.25, 0.3) is 0 Å². The van der Waals surface area contributed by atoms with Crippen molar-refractivity contribution in [2.45, 2.75) is 25.8 Å². The number of carbonyl (C=O) groups is 1. The lowest BCUT2D eigenvalue weighted by atomic mass is 9.96. The fraction of sp³-hybridized carbons (Fsp3) is 0.417. The van der Waals surface area contributed by atoms with Crippen LogP contribution in [0.25, 0.3) is 0 Å². The first kappa shape index (κ1) is 14.5. The zero-order chi connectivity index (χ0) is 14.0. The third-order valence-electron chi connectivity index (χ3n) is 2.39. The summed E-state index contributed by atoms with van der Waals surface area (Å²) in [5.41, 5.74) is -1.000. The number of hydrogen-bond donors (Lipinski definition) is 0. The van der Waals surface area contributed by atoms with E-state index < -0.39 is 23.5 Å². The van der Waals surface area contributed by atoms with Crippen molar-refractivity contribution in [1.29, 1.82) is 0 Å². The molecule has 0 fully saturated rings. The van der Waals surface area contributed by atoms with E-state index in [0.717, 1.165) is 12.1 Å². The topological polar surface area (TPSA) is 35.5 Å². The maximum Gasteiger partial charge on any atom is 0.573 e. The Morgan fingerprint density at radius 2 is 1.83 bits per heavy atom. The Hall–Kier alpha value is -1.56. The van der Waals surface area contributed by atoms with Crippen LogP contribution in [0.15, 0.2) is 24.3 Å². The summed E-state index contributed by atoms with van der Waals surface area (Å²) in [7, 11) is 1.36. The number of methoxy groups -OCH3 is 1. The number of alkyl halides is 3. The smallest absolute Gasteiger partial charge is 0.406 e. The summed E-state index contributed by atoms with van der Waals surface area (Å²) < 4.78 is 44.9. The van der Waals surface area contributed by atoms with E-state index in [0.29, 0.717) is 0 Å². The standard InChI is InChI=1S/C12H13F3O3/c1-11(2,17-3)10(16)8-5-4-6-9(7-8)18-12(13,14)15/h4-7H,1-3H3. The highest BCUT2D eigenvalue weighted by Crippen LogP contribution is 2.25. The van der Waals surface area contributed by atoms with Crippen molar-refractivity contribution in [3.8, 4) is 5.75 Å². The van der Waals surface area contributed by atoms with Gasteiger partial charge in [-0.2, -0.15) is 0 Å². The summed E-state index contributed by atoms with van der Waals surface area (Å²) in [4.78, 5) is 12.0. The normalized spacial score (nSPS) is 12.3. The third kappa shape index (κ3) is 3.73. The number of ether oxygens (including phenoxy) is 2. The van der Waals surface area contributed by atoms with Gasteiger partial charge in [0.05, 0.1) is 0 Å². The summed E-state index contributed by atoms with van der Waals surface area (Å²) in [5.74, 6) is -0.849. The Kier molecular flexibility index (Phi) is 4.01. The Morgan fingerprint density at radius 3 is 2.33 bits per heavy atom. The van der Waals surface area contributed by atoms with E-state index in [4.69, 9.17) is 4.74 Å². The minimum absolute atomic E-state index is 0.101. The van der Waals surface area contributed by atoms with E-state index in [1.807, 2.05) is 0 Å². The van der Waals surface area contributed by atoms with E-state index in [1.54, 1.807) is 0 Å². The average molecular weight is 262 g/mol. The maximum atomic E-state index is 12.0. The van der Waals surface area contributed by atoms with Crippen molar-refractivity contribution in [2.24, 2.45) is 0 Å². The molecule has 0 unspecified atom stereocenters. The van der Waals surface area contributed by atoms with Gasteiger partial charge in [-0.15, -0.1) is 13.2 Å². The molecule has 0 radical (unpaired) electrons. The molecule has 18 heavy (non-hydrogen) atoms. The fourth-order valence-corrected chi connectivity index (χ4v) is 1.27. The molecule has 0 spiro atoms. The first-order chi connectivity index (χ1) is 8.15. The summed E-state index contributed by atoms with van der Waals surface area (Å²) >= 11 is 0. The van der Waals surface area contributed by atoms with E-state index >= 15 is 0 Å². The highest BCUT2D eigenvalue weighted by atomic mass is 19.4. The molecule has 3 nitrogen and oxygen atoms in total. The van der Waals surface area contributed by atoms with Crippen LogP contribution < -0.4 is 4.74 Å². The molecule has 0 bridgehead atoms. The van der Waals surface area contributed by atoms with Crippen LogP contribution in [0, 0.1) is 0 Å². The number of carbonyl (C=O) groups excluding carboxylic acids is 1. The van der Waals surface area contributed by atoms with Gasteiger partial charge < -0.3 is 9.47 Å². The molecular formula is C12H13F3O3. The molecule has 0 aliphatic rings. The minimum atomic E-state index is -4.78. The molecule has 100 valence electrons. The van der Waals surface area contributed by atoms with Gasteiger partial charge in [0.2, 0.25) is 0 Å². The summed E-state index contributed by atoms with van der Waals surface area (Å²) in [6.45, 7) is 3.07. The molecule has 0 aromatic heterocycles. The Bertz CT molecular complexity index is 438. The fourth-order valence-electron chi connectivity index (χ4n) is 1.27. The van der Waals surface area contributed by atoms with Crippen LogP contribution in [0.2, 0.25) is 0 Å². The average Bonchev–Trinajstić information content (AvgIpc) is 2.26. The van der Waals surface area contributed by atoms with Crippen molar-refractivity contribution >= 4 is 5.78 Å². The zero-order valence-electron chi connectivity index (χ0n) is 10.2. The maximum absolute atomic E-state index is 12.0. The Labute approximate surface area is 103 Å². The first-order valence-electron chi connectivity index (χ1n) is 5.11. The van der Waals surface area contributed by atoms with Crippen LogP contribution in [0.4, 0.5) is 13.2 Å². The summed E-state index contributed by atoms with van der Waals surface area (Å²) in [6.07, 6.45) is -4.78. The predicted molar refractivity (Wildman–Crippen MR) is 58.5 cm³/mol. The molecule has 0 atom stereocenters. The third-order valence-corrected chi connectivity index (χ3v) is 2.39. The second-order valence-electron chi connectivity index (χ2n) is 4.12. The zero-order valence-corrected chi connectivity index (χ0v) is 10.2. The highest BCUT2D eigenvalue weighted by Gasteiger charge is 2.32. The quantitative estimate of drug-likeness (QED) is 0.782. The molecular weight excluding hydrogens is 249 g/mol. The largest absolute Gasteiger partial charge is 0.573 e. The molecule has 0 amide bonds. The summed E-state index contributed by atoms with van der Waals surface area (Å²) in [5, 5.41) is 0. The molecule has 1 aromatic rings. The van der Waals surface area contributed by atoms with Crippen molar-refractivity contribution in [3.63, 3.8) is 0 Å². The van der Waals surface area contributed by atoms with Crippen LogP contribution in [0.5, 0.6) is 5.75 Å². The van der Waals surface area contributed by atoms with Crippen LogP contribution in [0.1, 0.15) is 24.2 Å². The van der Waals surface area contributed by atoms with Gasteiger partial charge >= 0.3 is 6.36 Å². The van der Waals surface area contributed by atoms with Gasteiger partial charge in [0, 0.05) is 12.7 Å². The van der Waals surface area contributed by atoms with Crippen LogP contribution in [0.3, 0.4) is 0 Å². The van der Waals surface area contributed by atoms with E-state index in [2.05, 4.69) is 4.74 Å². The first-order valence-corrected chi connectivity index (χ1v) is 5.11. The van der Waals surface area contributed by atoms with E-state index in [9.17, 15) is 18.0 Å². The second-order valence-corrected chi connectivity index (χ2v) is 4.12. The van der Waals surface area contributed by atoms with Gasteiger partial charge in [-0.05, 0) is 26.0 Å². The Morgan fingerprint density at radius 1 is 1.22 bits per heavy atom. The molecule has 1 rings (SSSR count). The van der Waals surface area contributed by atoms with E-state index in [-0.39, 0.29) is 5.56 Å².